The number of carbonyl (C=O) groups is 3. The number of ether oxygens (including phenoxy) is 3. The summed E-state index contributed by atoms with van der Waals surface area (Å²) in [5, 5.41) is 0. The van der Waals surface area contributed by atoms with Crippen LogP contribution in [0.2, 0.25) is 0 Å². The van der Waals surface area contributed by atoms with Crippen LogP contribution in [-0.2, 0) is 28.6 Å². The van der Waals surface area contributed by atoms with Crippen LogP contribution < -0.4 is 0 Å². The van der Waals surface area contributed by atoms with Crippen LogP contribution >= 0.6 is 0 Å². The Balaban J connectivity index is 4.34. The highest BCUT2D eigenvalue weighted by Gasteiger charge is 2.19. The lowest BCUT2D eigenvalue weighted by Gasteiger charge is -2.18. The van der Waals surface area contributed by atoms with Gasteiger partial charge in [-0.2, -0.15) is 0 Å². The van der Waals surface area contributed by atoms with Crippen LogP contribution in [0.3, 0.4) is 0 Å². The third kappa shape index (κ3) is 39.5. The first kappa shape index (κ1) is 49.4. The van der Waals surface area contributed by atoms with Crippen LogP contribution in [-0.4, -0.2) is 37.2 Å². The van der Waals surface area contributed by atoms with E-state index in [9.17, 15) is 14.4 Å². The van der Waals surface area contributed by atoms with Gasteiger partial charge in [0.1, 0.15) is 13.2 Å². The molecule has 6 nitrogen and oxygen atoms in total. The van der Waals surface area contributed by atoms with Crippen molar-refractivity contribution in [1.29, 1.82) is 0 Å². The molecule has 0 unspecified atom stereocenters. The van der Waals surface area contributed by atoms with Crippen molar-refractivity contribution in [2.75, 3.05) is 13.2 Å². The van der Waals surface area contributed by atoms with Crippen LogP contribution in [0.4, 0.5) is 0 Å². The Kier molecular flexibility index (Phi) is 37.0. The van der Waals surface area contributed by atoms with E-state index < -0.39 is 6.10 Å². The molecule has 0 aromatic carbocycles. The summed E-state index contributed by atoms with van der Waals surface area (Å²) in [6.07, 6.45) is 35.2. The Labute approximate surface area is 317 Å². The van der Waals surface area contributed by atoms with Crippen molar-refractivity contribution < 1.29 is 28.6 Å². The van der Waals surface area contributed by atoms with Gasteiger partial charge in [-0.25, -0.2) is 0 Å². The lowest BCUT2D eigenvalue weighted by molar-refractivity contribution is -0.167. The molecule has 0 heterocycles. The second-order valence-electron chi connectivity index (χ2n) is 16.3. The predicted octanol–water partition coefficient (Wildman–Crippen LogP) is 13.8. The van der Waals surface area contributed by atoms with E-state index in [4.69, 9.17) is 14.2 Å². The van der Waals surface area contributed by atoms with E-state index in [1.807, 2.05) is 0 Å². The summed E-state index contributed by atoms with van der Waals surface area (Å²) in [4.78, 5) is 37.6. The second kappa shape index (κ2) is 38.1. The van der Waals surface area contributed by atoms with Gasteiger partial charge in [0.05, 0.1) is 0 Å². The van der Waals surface area contributed by atoms with Crippen molar-refractivity contribution >= 4 is 17.9 Å². The quantitative estimate of drug-likeness (QED) is 0.0357. The summed E-state index contributed by atoms with van der Waals surface area (Å²) in [6, 6.07) is 0. The highest BCUT2D eigenvalue weighted by Crippen LogP contribution is 2.16. The first-order valence-corrected chi connectivity index (χ1v) is 22.2. The summed E-state index contributed by atoms with van der Waals surface area (Å²) < 4.78 is 16.7. The third-order valence-corrected chi connectivity index (χ3v) is 9.97. The Morgan fingerprint density at radius 3 is 0.961 bits per heavy atom. The molecule has 0 aliphatic carbocycles. The molecule has 0 saturated carbocycles. The van der Waals surface area contributed by atoms with Gasteiger partial charge in [-0.3, -0.25) is 14.4 Å². The fourth-order valence-corrected chi connectivity index (χ4v) is 6.58. The summed E-state index contributed by atoms with van der Waals surface area (Å²) in [7, 11) is 0. The molecular formula is C45H86O6. The molecule has 302 valence electrons. The van der Waals surface area contributed by atoms with Gasteiger partial charge in [-0.15, -0.1) is 0 Å². The number of esters is 3. The minimum Gasteiger partial charge on any atom is -0.462 e. The van der Waals surface area contributed by atoms with Gasteiger partial charge in [0.2, 0.25) is 0 Å². The smallest absolute Gasteiger partial charge is 0.306 e. The Bertz CT molecular complexity index is 779. The number of hydrogen-bond donors (Lipinski definition) is 0. The van der Waals surface area contributed by atoms with Gasteiger partial charge < -0.3 is 14.2 Å². The van der Waals surface area contributed by atoms with Gasteiger partial charge in [-0.05, 0) is 31.1 Å². The number of hydrogen-bond acceptors (Lipinski definition) is 6. The largest absolute Gasteiger partial charge is 0.462 e. The molecule has 0 aliphatic heterocycles. The summed E-state index contributed by atoms with van der Waals surface area (Å²) in [5.41, 5.74) is 0. The summed E-state index contributed by atoms with van der Waals surface area (Å²) in [5.74, 6) is 0.743. The van der Waals surface area contributed by atoms with Gasteiger partial charge in [0.15, 0.2) is 6.10 Å². The maximum atomic E-state index is 12.7. The molecule has 0 rings (SSSR count). The highest BCUT2D eigenvalue weighted by molar-refractivity contribution is 5.71. The fraction of sp³-hybridized carbons (Fsp3) is 0.933. The fourth-order valence-electron chi connectivity index (χ4n) is 6.58. The van der Waals surface area contributed by atoms with E-state index in [1.165, 1.54) is 128 Å². The van der Waals surface area contributed by atoms with Crippen molar-refractivity contribution in [1.82, 2.24) is 0 Å². The summed E-state index contributed by atoms with van der Waals surface area (Å²) >= 11 is 0. The molecule has 0 spiro atoms. The van der Waals surface area contributed by atoms with E-state index in [1.54, 1.807) is 0 Å². The van der Waals surface area contributed by atoms with Crippen LogP contribution in [0, 0.1) is 11.8 Å². The SMILES string of the molecule is CCCCCCCCCCCCC(=O)O[C@H](COC(=O)CCCCCCCCCCCC(C)C)COC(=O)CCCCCCCCCCC(C)C. The molecule has 0 N–H and O–H groups in total. The van der Waals surface area contributed by atoms with E-state index in [0.29, 0.717) is 19.3 Å². The highest BCUT2D eigenvalue weighted by atomic mass is 16.6. The zero-order valence-corrected chi connectivity index (χ0v) is 34.7. The molecule has 0 amide bonds. The van der Waals surface area contributed by atoms with Gasteiger partial charge in [0, 0.05) is 19.3 Å². The predicted molar refractivity (Wildman–Crippen MR) is 215 cm³/mol. The molecule has 1 atom stereocenters. The lowest BCUT2D eigenvalue weighted by atomic mass is 10.0. The maximum absolute atomic E-state index is 12.7. The molecule has 51 heavy (non-hydrogen) atoms. The minimum atomic E-state index is -0.759. The number of rotatable bonds is 39. The van der Waals surface area contributed by atoms with Crippen molar-refractivity contribution in [3.8, 4) is 0 Å². The molecule has 0 aromatic rings. The third-order valence-electron chi connectivity index (χ3n) is 9.97. The van der Waals surface area contributed by atoms with E-state index in [0.717, 1.165) is 69.6 Å². The van der Waals surface area contributed by atoms with E-state index in [2.05, 4.69) is 34.6 Å². The van der Waals surface area contributed by atoms with Crippen LogP contribution in [0.5, 0.6) is 0 Å². The van der Waals surface area contributed by atoms with Crippen molar-refractivity contribution in [3.63, 3.8) is 0 Å². The molecule has 6 heteroatoms. The molecule has 0 bridgehead atoms. The minimum absolute atomic E-state index is 0.0656. The second-order valence-corrected chi connectivity index (χ2v) is 16.3. The zero-order valence-electron chi connectivity index (χ0n) is 34.7. The topological polar surface area (TPSA) is 78.9 Å². The number of unbranched alkanes of at least 4 members (excludes halogenated alkanes) is 24. The Hall–Kier alpha value is -1.59. The normalized spacial score (nSPS) is 12.1. The Morgan fingerprint density at radius 2 is 0.647 bits per heavy atom. The standard InChI is InChI=1S/C45H86O6/c1-6-7-8-9-10-11-14-22-27-32-37-45(48)51-42(39-50-44(47)36-31-26-21-17-16-19-24-29-34-41(4)5)38-49-43(46)35-30-25-20-15-12-13-18-23-28-33-40(2)3/h40-42H,6-39H2,1-5H3/t42-/m1/s1. The molecule has 0 aliphatic rings. The van der Waals surface area contributed by atoms with Gasteiger partial charge >= 0.3 is 17.9 Å². The molecule has 0 radical (unpaired) electrons. The van der Waals surface area contributed by atoms with Crippen LogP contribution in [0.1, 0.15) is 240 Å². The lowest BCUT2D eigenvalue weighted by Crippen LogP contribution is -2.30. The van der Waals surface area contributed by atoms with Crippen molar-refractivity contribution in [3.05, 3.63) is 0 Å². The molecular weight excluding hydrogens is 636 g/mol. The van der Waals surface area contributed by atoms with Crippen molar-refractivity contribution in [2.24, 2.45) is 11.8 Å². The average Bonchev–Trinajstić information content (AvgIpc) is 3.09. The van der Waals surface area contributed by atoms with Crippen molar-refractivity contribution in [2.45, 2.75) is 246 Å². The average molecular weight is 723 g/mol. The van der Waals surface area contributed by atoms with E-state index in [-0.39, 0.29) is 31.1 Å². The zero-order chi connectivity index (χ0) is 37.6. The number of carbonyl (C=O) groups excluding carboxylic acids is 3. The maximum Gasteiger partial charge on any atom is 0.306 e. The molecule has 0 fully saturated rings. The first-order chi connectivity index (χ1) is 24.7. The Morgan fingerprint density at radius 1 is 0.373 bits per heavy atom. The molecule has 0 aromatic heterocycles. The first-order valence-electron chi connectivity index (χ1n) is 22.2. The monoisotopic (exact) mass is 723 g/mol. The van der Waals surface area contributed by atoms with Crippen LogP contribution in [0.25, 0.3) is 0 Å². The van der Waals surface area contributed by atoms with E-state index >= 15 is 0 Å². The van der Waals surface area contributed by atoms with Gasteiger partial charge in [-0.1, -0.05) is 202 Å². The van der Waals surface area contributed by atoms with Crippen LogP contribution in [0.15, 0.2) is 0 Å². The molecule has 0 saturated heterocycles. The summed E-state index contributed by atoms with van der Waals surface area (Å²) in [6.45, 7) is 11.3. The van der Waals surface area contributed by atoms with Gasteiger partial charge in [0.25, 0.3) is 0 Å².